The lowest BCUT2D eigenvalue weighted by atomic mass is 10.0. The largest absolute Gasteiger partial charge is 0.367 e. The fourth-order valence-corrected chi connectivity index (χ4v) is 1.83. The first-order chi connectivity index (χ1) is 8.58. The molecule has 1 rings (SSSR count). The first kappa shape index (κ1) is 14.7. The van der Waals surface area contributed by atoms with Crippen LogP contribution in [0.4, 0.5) is 11.8 Å². The predicted molar refractivity (Wildman–Crippen MR) is 78.1 cm³/mol. The Morgan fingerprint density at radius 1 is 1.28 bits per heavy atom. The summed E-state index contributed by atoms with van der Waals surface area (Å²) in [5.74, 6) is 2.25. The second kappa shape index (κ2) is 7.19. The molecule has 0 aliphatic carbocycles. The minimum atomic E-state index is 0.456. The van der Waals surface area contributed by atoms with E-state index >= 15 is 0 Å². The zero-order chi connectivity index (χ0) is 13.5. The van der Waals surface area contributed by atoms with Crippen LogP contribution in [-0.2, 0) is 0 Å². The fourth-order valence-electron chi connectivity index (χ4n) is 1.83. The average molecular weight is 250 g/mol. The van der Waals surface area contributed by atoms with E-state index in [1.807, 2.05) is 13.1 Å². The van der Waals surface area contributed by atoms with Crippen LogP contribution in [0.2, 0.25) is 0 Å². The quantitative estimate of drug-likeness (QED) is 0.778. The summed E-state index contributed by atoms with van der Waals surface area (Å²) in [6.07, 6.45) is 4.04. The van der Waals surface area contributed by atoms with Crippen LogP contribution in [0, 0.1) is 12.8 Å². The second-order valence-corrected chi connectivity index (χ2v) is 5.06. The van der Waals surface area contributed by atoms with Gasteiger partial charge in [-0.05, 0) is 25.7 Å². The summed E-state index contributed by atoms with van der Waals surface area (Å²) >= 11 is 0. The maximum Gasteiger partial charge on any atom is 0.224 e. The van der Waals surface area contributed by atoms with Gasteiger partial charge < -0.3 is 10.6 Å². The number of hydrogen-bond donors (Lipinski definition) is 2. The van der Waals surface area contributed by atoms with Crippen LogP contribution in [-0.4, -0.2) is 22.6 Å². The Morgan fingerprint density at radius 2 is 2.00 bits per heavy atom. The summed E-state index contributed by atoms with van der Waals surface area (Å²) in [4.78, 5) is 8.84. The molecule has 102 valence electrons. The van der Waals surface area contributed by atoms with Gasteiger partial charge in [0.1, 0.15) is 5.82 Å². The van der Waals surface area contributed by atoms with Crippen molar-refractivity contribution in [2.45, 2.75) is 53.5 Å². The smallest absolute Gasteiger partial charge is 0.224 e. The summed E-state index contributed by atoms with van der Waals surface area (Å²) in [6.45, 7) is 11.7. The van der Waals surface area contributed by atoms with Gasteiger partial charge in [0.05, 0.1) is 0 Å². The molecule has 1 atom stereocenters. The van der Waals surface area contributed by atoms with Crippen LogP contribution in [0.25, 0.3) is 0 Å². The molecule has 0 fully saturated rings. The molecule has 0 radical (unpaired) electrons. The van der Waals surface area contributed by atoms with Gasteiger partial charge in [0.15, 0.2) is 0 Å². The molecule has 0 aliphatic heterocycles. The zero-order valence-corrected chi connectivity index (χ0v) is 12.2. The lowest BCUT2D eigenvalue weighted by molar-refractivity contribution is 0.509. The van der Waals surface area contributed by atoms with Gasteiger partial charge in [-0.1, -0.05) is 27.7 Å². The Balaban J connectivity index is 2.79. The summed E-state index contributed by atoms with van der Waals surface area (Å²) in [5.41, 5.74) is 1.09. The second-order valence-electron chi connectivity index (χ2n) is 5.06. The molecule has 1 aromatic heterocycles. The average Bonchev–Trinajstić information content (AvgIpc) is 2.35. The van der Waals surface area contributed by atoms with E-state index in [0.717, 1.165) is 30.8 Å². The van der Waals surface area contributed by atoms with Crippen molar-refractivity contribution in [2.75, 3.05) is 17.2 Å². The molecule has 0 spiro atoms. The van der Waals surface area contributed by atoms with Crippen molar-refractivity contribution >= 4 is 11.8 Å². The molecule has 0 bridgehead atoms. The number of aromatic nitrogens is 2. The van der Waals surface area contributed by atoms with Crippen molar-refractivity contribution in [2.24, 2.45) is 5.92 Å². The van der Waals surface area contributed by atoms with Crippen LogP contribution in [0.15, 0.2) is 6.20 Å². The van der Waals surface area contributed by atoms with Gasteiger partial charge in [-0.25, -0.2) is 4.98 Å². The van der Waals surface area contributed by atoms with E-state index in [4.69, 9.17) is 0 Å². The number of rotatable bonds is 7. The Bertz CT molecular complexity index is 363. The van der Waals surface area contributed by atoms with Crippen molar-refractivity contribution in [3.63, 3.8) is 0 Å². The Morgan fingerprint density at radius 3 is 2.56 bits per heavy atom. The van der Waals surface area contributed by atoms with E-state index in [9.17, 15) is 0 Å². The maximum atomic E-state index is 4.55. The Labute approximate surface area is 111 Å². The van der Waals surface area contributed by atoms with E-state index in [2.05, 4.69) is 48.3 Å². The van der Waals surface area contributed by atoms with E-state index in [-0.39, 0.29) is 0 Å². The van der Waals surface area contributed by atoms with Gasteiger partial charge in [0, 0.05) is 24.3 Å². The van der Waals surface area contributed by atoms with Crippen LogP contribution < -0.4 is 10.6 Å². The number of nitrogens with one attached hydrogen (secondary N) is 2. The van der Waals surface area contributed by atoms with Crippen LogP contribution in [0.5, 0.6) is 0 Å². The topological polar surface area (TPSA) is 49.8 Å². The first-order valence-corrected chi connectivity index (χ1v) is 6.92. The molecule has 0 aromatic carbocycles. The molecule has 0 amide bonds. The minimum absolute atomic E-state index is 0.456. The third-order valence-corrected chi connectivity index (χ3v) is 3.07. The fraction of sp³-hybridized carbons (Fsp3) is 0.714. The SMILES string of the molecule is CCCNc1ncc(C)c(NC(CC)C(C)C)n1. The van der Waals surface area contributed by atoms with Gasteiger partial charge >= 0.3 is 0 Å². The standard InChI is InChI=1S/C14H26N4/c1-6-8-15-14-16-9-11(5)13(18-14)17-12(7-2)10(3)4/h9-10,12H,6-8H2,1-5H3,(H2,15,16,17,18). The number of anilines is 2. The summed E-state index contributed by atoms with van der Waals surface area (Å²) < 4.78 is 0. The maximum absolute atomic E-state index is 4.55. The molecule has 1 aromatic rings. The van der Waals surface area contributed by atoms with Crippen molar-refractivity contribution in [3.8, 4) is 0 Å². The van der Waals surface area contributed by atoms with Crippen LogP contribution in [0.1, 0.15) is 46.1 Å². The van der Waals surface area contributed by atoms with Gasteiger partial charge in [-0.3, -0.25) is 0 Å². The Kier molecular flexibility index (Phi) is 5.89. The summed E-state index contributed by atoms with van der Waals surface area (Å²) in [5, 5.41) is 6.74. The molecule has 0 saturated carbocycles. The van der Waals surface area contributed by atoms with Gasteiger partial charge in [-0.15, -0.1) is 0 Å². The van der Waals surface area contributed by atoms with Crippen LogP contribution in [0.3, 0.4) is 0 Å². The monoisotopic (exact) mass is 250 g/mol. The van der Waals surface area contributed by atoms with Crippen LogP contribution >= 0.6 is 0 Å². The highest BCUT2D eigenvalue weighted by molar-refractivity contribution is 5.47. The molecule has 0 saturated heterocycles. The predicted octanol–water partition coefficient (Wildman–Crippen LogP) is 3.45. The highest BCUT2D eigenvalue weighted by Gasteiger charge is 2.13. The normalized spacial score (nSPS) is 12.6. The molecule has 1 heterocycles. The van der Waals surface area contributed by atoms with E-state index in [1.165, 1.54) is 0 Å². The van der Waals surface area contributed by atoms with Gasteiger partial charge in [0.25, 0.3) is 0 Å². The highest BCUT2D eigenvalue weighted by Crippen LogP contribution is 2.17. The molecule has 4 heteroatoms. The van der Waals surface area contributed by atoms with E-state index in [0.29, 0.717) is 17.9 Å². The van der Waals surface area contributed by atoms with Crippen molar-refractivity contribution < 1.29 is 0 Å². The number of nitrogens with zero attached hydrogens (tertiary/aromatic N) is 2. The van der Waals surface area contributed by atoms with Crippen molar-refractivity contribution in [1.29, 1.82) is 0 Å². The summed E-state index contributed by atoms with van der Waals surface area (Å²) in [7, 11) is 0. The third kappa shape index (κ3) is 4.17. The Hall–Kier alpha value is -1.32. The van der Waals surface area contributed by atoms with E-state index in [1.54, 1.807) is 0 Å². The molecule has 1 unspecified atom stereocenters. The van der Waals surface area contributed by atoms with Gasteiger partial charge in [0.2, 0.25) is 5.95 Å². The molecular formula is C14H26N4. The number of aryl methyl sites for hydroxylation is 1. The highest BCUT2D eigenvalue weighted by atomic mass is 15.1. The molecule has 18 heavy (non-hydrogen) atoms. The van der Waals surface area contributed by atoms with Crippen molar-refractivity contribution in [1.82, 2.24) is 9.97 Å². The molecule has 4 nitrogen and oxygen atoms in total. The summed E-state index contributed by atoms with van der Waals surface area (Å²) in [6, 6.07) is 0.456. The molecular weight excluding hydrogens is 224 g/mol. The minimum Gasteiger partial charge on any atom is -0.367 e. The van der Waals surface area contributed by atoms with Gasteiger partial charge in [-0.2, -0.15) is 4.98 Å². The lowest BCUT2D eigenvalue weighted by Gasteiger charge is -2.22. The van der Waals surface area contributed by atoms with Crippen molar-refractivity contribution in [3.05, 3.63) is 11.8 Å². The first-order valence-electron chi connectivity index (χ1n) is 6.92. The lowest BCUT2D eigenvalue weighted by Crippen LogP contribution is -2.26. The molecule has 2 N–H and O–H groups in total. The number of hydrogen-bond acceptors (Lipinski definition) is 4. The molecule has 0 aliphatic rings. The van der Waals surface area contributed by atoms with E-state index < -0.39 is 0 Å². The zero-order valence-electron chi connectivity index (χ0n) is 12.2. The third-order valence-electron chi connectivity index (χ3n) is 3.07.